The normalized spacial score (nSPS) is 20.6. The van der Waals surface area contributed by atoms with Crippen molar-refractivity contribution in [1.82, 2.24) is 4.57 Å². The highest BCUT2D eigenvalue weighted by Gasteiger charge is 2.38. The Morgan fingerprint density at radius 3 is 2.92 bits per heavy atom. The molecule has 1 unspecified atom stereocenters. The Morgan fingerprint density at radius 1 is 1.31 bits per heavy atom. The Kier molecular flexibility index (Phi) is 6.46. The minimum Gasteiger partial charge on any atom is -0.494 e. The number of hydrogen-bond donors (Lipinski definition) is 2. The molecule has 3 heterocycles. The van der Waals surface area contributed by atoms with Crippen LogP contribution < -0.4 is 9.64 Å². The summed E-state index contributed by atoms with van der Waals surface area (Å²) in [6.07, 6.45) is 6.32. The van der Waals surface area contributed by atoms with E-state index in [1.165, 1.54) is 0 Å². The lowest BCUT2D eigenvalue weighted by molar-refractivity contribution is -0.137. The number of carbonyl (C=O) groups is 2. The van der Waals surface area contributed by atoms with Crippen LogP contribution in [0.2, 0.25) is 4.34 Å². The molecule has 1 aliphatic heterocycles. The molecule has 2 aromatic heterocycles. The van der Waals surface area contributed by atoms with Crippen LogP contribution in [0.5, 0.6) is 10.9 Å². The van der Waals surface area contributed by atoms with Gasteiger partial charge in [-0.1, -0.05) is 41.1 Å². The Bertz CT molecular complexity index is 1400. The first-order valence-electron chi connectivity index (χ1n) is 11.5. The van der Waals surface area contributed by atoms with Gasteiger partial charge in [-0.25, -0.2) is 4.79 Å². The van der Waals surface area contributed by atoms with Gasteiger partial charge in [0.2, 0.25) is 5.88 Å². The standard InChI is InChI=1S/C26H24ClN3O5S/c1-26(34)11-4-12-30(24(26)32)18-7-2-5-16(13-18)14-29-15-17-6-3-8-19(22(17)23(29)31)28-25(33)35-21-10-9-20(27)36-21/h2-3,5,7-10,13,15,31,34H,4,6,11-12,14H2,1H3. The van der Waals surface area contributed by atoms with Crippen LogP contribution in [0.15, 0.2) is 59.7 Å². The largest absolute Gasteiger partial charge is 0.494 e. The third-order valence-electron chi connectivity index (χ3n) is 6.27. The van der Waals surface area contributed by atoms with Gasteiger partial charge >= 0.3 is 6.09 Å². The Hall–Kier alpha value is -3.40. The Labute approximate surface area is 216 Å². The third-order valence-corrected chi connectivity index (χ3v) is 7.38. The van der Waals surface area contributed by atoms with Gasteiger partial charge in [-0.05, 0) is 67.7 Å². The van der Waals surface area contributed by atoms with Gasteiger partial charge in [0, 0.05) is 18.4 Å². The van der Waals surface area contributed by atoms with Gasteiger partial charge < -0.3 is 24.4 Å². The Morgan fingerprint density at radius 2 is 2.14 bits per heavy atom. The minimum absolute atomic E-state index is 0.0116. The van der Waals surface area contributed by atoms with E-state index in [-0.39, 0.29) is 11.8 Å². The fourth-order valence-corrected chi connectivity index (χ4v) is 5.40. The molecule has 1 aliphatic carbocycles. The molecule has 1 atom stereocenters. The number of thiophene rings is 1. The molecule has 1 saturated heterocycles. The number of amides is 2. The molecule has 8 nitrogen and oxygen atoms in total. The number of rotatable bonds is 4. The predicted molar refractivity (Wildman–Crippen MR) is 139 cm³/mol. The van der Waals surface area contributed by atoms with Crippen LogP contribution in [0.1, 0.15) is 36.5 Å². The van der Waals surface area contributed by atoms with Crippen LogP contribution >= 0.6 is 22.9 Å². The summed E-state index contributed by atoms with van der Waals surface area (Å²) in [5.74, 6) is -0.323. The second kappa shape index (κ2) is 9.57. The maximum atomic E-state index is 12.7. The number of allylic oxidation sites excluding steroid dienone is 2. The van der Waals surface area contributed by atoms with E-state index in [4.69, 9.17) is 16.3 Å². The van der Waals surface area contributed by atoms with Crippen LogP contribution in [0.4, 0.5) is 10.5 Å². The summed E-state index contributed by atoms with van der Waals surface area (Å²) >= 11 is 7.01. The van der Waals surface area contributed by atoms with E-state index in [1.54, 1.807) is 34.6 Å². The number of aliphatic imine (C=N–C) groups is 1. The second-order valence-electron chi connectivity index (χ2n) is 9.01. The Balaban J connectivity index is 1.38. The topological polar surface area (TPSA) is 104 Å². The summed E-state index contributed by atoms with van der Waals surface area (Å²) < 4.78 is 7.41. The number of nitrogens with zero attached hydrogens (tertiary/aromatic N) is 3. The lowest BCUT2D eigenvalue weighted by Gasteiger charge is -2.36. The summed E-state index contributed by atoms with van der Waals surface area (Å²) in [5, 5.41) is 21.8. The third kappa shape index (κ3) is 4.82. The number of halogens is 1. The number of anilines is 1. The van der Waals surface area contributed by atoms with Gasteiger partial charge in [0.15, 0.2) is 5.06 Å². The van der Waals surface area contributed by atoms with E-state index in [0.717, 1.165) is 22.5 Å². The highest BCUT2D eigenvalue weighted by Crippen LogP contribution is 2.32. The van der Waals surface area contributed by atoms with E-state index < -0.39 is 11.7 Å². The number of carbonyl (C=O) groups excluding carboxylic acids is 2. The van der Waals surface area contributed by atoms with E-state index in [0.29, 0.717) is 58.7 Å². The zero-order chi connectivity index (χ0) is 25.4. The lowest BCUT2D eigenvalue weighted by Crippen LogP contribution is -2.51. The van der Waals surface area contributed by atoms with Crippen LogP contribution in [0, 0.1) is 0 Å². The first-order chi connectivity index (χ1) is 17.2. The SMILES string of the molecule is CC1(O)CCCN(c2cccc(Cn3cc4c(c3O)C(=NC(=O)Oc3ccc(Cl)s3)C=CC4)c2)C1=O. The number of aromatic nitrogens is 1. The van der Waals surface area contributed by atoms with E-state index >= 15 is 0 Å². The van der Waals surface area contributed by atoms with E-state index in [2.05, 4.69) is 4.99 Å². The second-order valence-corrected chi connectivity index (χ2v) is 10.7. The number of hydrogen-bond acceptors (Lipinski definition) is 6. The van der Waals surface area contributed by atoms with Crippen LogP contribution in [0.3, 0.4) is 0 Å². The molecule has 10 heteroatoms. The van der Waals surface area contributed by atoms with Crippen molar-refractivity contribution in [3.63, 3.8) is 0 Å². The zero-order valence-corrected chi connectivity index (χ0v) is 21.1. The number of ether oxygens (including phenoxy) is 1. The molecule has 0 saturated carbocycles. The maximum Gasteiger partial charge on any atom is 0.440 e. The highest BCUT2D eigenvalue weighted by atomic mass is 35.5. The quantitative estimate of drug-likeness (QED) is 0.502. The van der Waals surface area contributed by atoms with E-state index in [1.807, 2.05) is 36.5 Å². The number of benzene rings is 1. The summed E-state index contributed by atoms with van der Waals surface area (Å²) in [7, 11) is 0. The summed E-state index contributed by atoms with van der Waals surface area (Å²) in [6.45, 7) is 2.43. The molecule has 0 radical (unpaired) electrons. The van der Waals surface area contributed by atoms with Crippen molar-refractivity contribution < 1.29 is 24.5 Å². The molecule has 36 heavy (non-hydrogen) atoms. The fraction of sp³-hybridized carbons (Fsp3) is 0.269. The molecule has 186 valence electrons. The van der Waals surface area contributed by atoms with Crippen LogP contribution in [-0.4, -0.2) is 44.6 Å². The van der Waals surface area contributed by atoms with Crippen molar-refractivity contribution >= 4 is 46.3 Å². The van der Waals surface area contributed by atoms with Gasteiger partial charge in [0.1, 0.15) is 5.60 Å². The number of aliphatic hydroxyl groups is 1. The monoisotopic (exact) mass is 525 g/mol. The molecule has 5 rings (SSSR count). The summed E-state index contributed by atoms with van der Waals surface area (Å²) in [5.41, 5.74) is 1.83. The molecule has 0 spiro atoms. The van der Waals surface area contributed by atoms with Crippen molar-refractivity contribution in [2.24, 2.45) is 4.99 Å². The first-order valence-corrected chi connectivity index (χ1v) is 12.7. The fourth-order valence-electron chi connectivity index (χ4n) is 4.54. The van der Waals surface area contributed by atoms with Gasteiger partial charge in [-0.2, -0.15) is 4.99 Å². The lowest BCUT2D eigenvalue weighted by atomic mass is 9.93. The first kappa shape index (κ1) is 24.3. The van der Waals surface area contributed by atoms with Crippen molar-refractivity contribution in [2.75, 3.05) is 11.4 Å². The number of fused-ring (bicyclic) bond motifs is 1. The molecule has 2 aliphatic rings. The average molecular weight is 526 g/mol. The predicted octanol–water partition coefficient (Wildman–Crippen LogP) is 4.94. The molecule has 3 aromatic rings. The zero-order valence-electron chi connectivity index (χ0n) is 19.5. The molecule has 1 aromatic carbocycles. The smallest absolute Gasteiger partial charge is 0.440 e. The van der Waals surface area contributed by atoms with Gasteiger partial charge in [-0.3, -0.25) is 4.79 Å². The molecular weight excluding hydrogens is 502 g/mol. The number of aromatic hydroxyl groups is 1. The van der Waals surface area contributed by atoms with Gasteiger partial charge in [0.05, 0.1) is 22.2 Å². The minimum atomic E-state index is -1.37. The summed E-state index contributed by atoms with van der Waals surface area (Å²) in [4.78, 5) is 30.7. The van der Waals surface area contributed by atoms with Gasteiger partial charge in [0.25, 0.3) is 5.91 Å². The van der Waals surface area contributed by atoms with Crippen molar-refractivity contribution in [3.8, 4) is 10.9 Å². The van der Waals surface area contributed by atoms with Crippen molar-refractivity contribution in [1.29, 1.82) is 0 Å². The molecule has 2 N–H and O–H groups in total. The molecule has 1 fully saturated rings. The maximum absolute atomic E-state index is 12.7. The highest BCUT2D eigenvalue weighted by molar-refractivity contribution is 7.17. The number of piperidine rings is 1. The van der Waals surface area contributed by atoms with Crippen LogP contribution in [0.25, 0.3) is 0 Å². The van der Waals surface area contributed by atoms with Crippen LogP contribution in [-0.2, 0) is 17.8 Å². The van der Waals surface area contributed by atoms with E-state index in [9.17, 15) is 19.8 Å². The van der Waals surface area contributed by atoms with Crippen molar-refractivity contribution in [2.45, 2.75) is 38.3 Å². The van der Waals surface area contributed by atoms with Crippen molar-refractivity contribution in [3.05, 3.63) is 75.8 Å². The average Bonchev–Trinajstić information content (AvgIpc) is 3.38. The molecule has 2 amide bonds. The summed E-state index contributed by atoms with van der Waals surface area (Å²) in [6, 6.07) is 10.7. The van der Waals surface area contributed by atoms with Gasteiger partial charge in [-0.15, -0.1) is 0 Å². The molecule has 0 bridgehead atoms. The molecular formula is C26H24ClN3O5S.